The van der Waals surface area contributed by atoms with Gasteiger partial charge in [-0.05, 0) is 89.0 Å². The Hall–Kier alpha value is -2.23. The maximum absolute atomic E-state index is 14.1. The zero-order chi connectivity index (χ0) is 39.0. The molecule has 0 aromatic carbocycles. The van der Waals surface area contributed by atoms with E-state index in [0.717, 1.165) is 5.57 Å². The highest BCUT2D eigenvalue weighted by Crippen LogP contribution is 2.40. The Morgan fingerprint density at radius 3 is 2.30 bits per heavy atom. The van der Waals surface area contributed by atoms with Crippen molar-refractivity contribution in [1.29, 1.82) is 0 Å². The van der Waals surface area contributed by atoms with Gasteiger partial charge in [-0.15, -0.1) is 0 Å². The summed E-state index contributed by atoms with van der Waals surface area (Å²) in [5.74, 6) is -3.48. The molecule has 53 heavy (non-hydrogen) atoms. The van der Waals surface area contributed by atoms with E-state index in [2.05, 4.69) is 6.92 Å². The standard InChI is InChI=1S/C40H66N2O11/c1-23-11-13-28(43)21-31(45)36(41)37(25(3)18-27-12-14-30(44)32(20-27)49-5)52-39(47)29-10-8-9-15-42(29)35(46)22-40(48)26(4)19-34(51-7)38(53-40)33(50-6)17-24(2)16-23/h11,18,24,26-27,29-34,36-38,44-45,48H,8-10,12-17,19-22,41H2,1-7H3/b23-11+,25-18+/t24-,26+,27-,29-,30+,31-,32+,33-,34-,36+,37+,38+,40-/m0/s1. The van der Waals surface area contributed by atoms with Crippen LogP contribution in [0.2, 0.25) is 0 Å². The first-order chi connectivity index (χ1) is 25.1. The minimum absolute atomic E-state index is 0.00102. The number of rotatable bonds is 5. The van der Waals surface area contributed by atoms with Crippen molar-refractivity contribution in [3.63, 3.8) is 0 Å². The summed E-state index contributed by atoms with van der Waals surface area (Å²) in [6, 6.07) is -2.08. The number of aliphatic hydroxyl groups excluding tert-OH is 2. The minimum atomic E-state index is -1.83. The number of fused-ring (bicyclic) bond motifs is 3. The third-order valence-electron chi connectivity index (χ3n) is 12.0. The number of hydrogen-bond donors (Lipinski definition) is 4. The summed E-state index contributed by atoms with van der Waals surface area (Å²) < 4.78 is 29.8. The lowest BCUT2D eigenvalue weighted by molar-refractivity contribution is -0.321. The van der Waals surface area contributed by atoms with Gasteiger partial charge in [0.2, 0.25) is 5.91 Å². The number of esters is 1. The van der Waals surface area contributed by atoms with Crippen LogP contribution in [-0.4, -0.2) is 126 Å². The second-order valence-corrected chi connectivity index (χ2v) is 16.3. The second-order valence-electron chi connectivity index (χ2n) is 16.3. The highest BCUT2D eigenvalue weighted by Gasteiger charge is 2.51. The molecule has 1 saturated carbocycles. The van der Waals surface area contributed by atoms with Gasteiger partial charge >= 0.3 is 5.97 Å². The van der Waals surface area contributed by atoms with Gasteiger partial charge < -0.3 is 49.6 Å². The molecule has 3 fully saturated rings. The normalized spacial score (nSPS) is 41.8. The third-order valence-corrected chi connectivity index (χ3v) is 12.0. The fraction of sp³-hybridized carbons (Fsp3) is 0.825. The predicted octanol–water partition coefficient (Wildman–Crippen LogP) is 3.35. The van der Waals surface area contributed by atoms with Crippen molar-refractivity contribution in [2.45, 2.75) is 165 Å². The summed E-state index contributed by atoms with van der Waals surface area (Å²) in [5, 5.41) is 33.7. The summed E-state index contributed by atoms with van der Waals surface area (Å²) in [7, 11) is 4.76. The first-order valence-corrected chi connectivity index (χ1v) is 19.6. The Morgan fingerprint density at radius 2 is 1.62 bits per heavy atom. The lowest BCUT2D eigenvalue weighted by Gasteiger charge is -2.48. The molecule has 1 amide bonds. The topological polar surface area (TPSA) is 187 Å². The molecule has 13 heteroatoms. The van der Waals surface area contributed by atoms with E-state index < -0.39 is 66.2 Å². The number of nitrogens with two attached hydrogens (primary N) is 1. The molecular weight excluding hydrogens is 684 g/mol. The lowest BCUT2D eigenvalue weighted by Crippen LogP contribution is -2.59. The van der Waals surface area contributed by atoms with E-state index in [1.54, 1.807) is 28.3 Å². The average molecular weight is 751 g/mol. The Bertz CT molecular complexity index is 1310. The maximum atomic E-state index is 14.1. The molecule has 0 unspecified atom stereocenters. The maximum Gasteiger partial charge on any atom is 0.329 e. The summed E-state index contributed by atoms with van der Waals surface area (Å²) in [6.07, 6.45) is 3.73. The average Bonchev–Trinajstić information content (AvgIpc) is 3.12. The first-order valence-electron chi connectivity index (χ1n) is 19.6. The highest BCUT2D eigenvalue weighted by molar-refractivity contribution is 5.85. The number of carbonyl (C=O) groups is 3. The number of allylic oxidation sites excluding steroid dienone is 3. The number of Topliss-reactive ketones (excluding diaryl/α,β-unsaturated/α-hetero) is 1. The number of hydrogen-bond acceptors (Lipinski definition) is 12. The number of carbonyl (C=O) groups excluding carboxylic acids is 3. The van der Waals surface area contributed by atoms with Crippen LogP contribution < -0.4 is 5.73 Å². The molecule has 13 atom stereocenters. The van der Waals surface area contributed by atoms with Crippen molar-refractivity contribution in [3.8, 4) is 0 Å². The Labute approximate surface area is 315 Å². The number of piperidine rings is 1. The van der Waals surface area contributed by atoms with Gasteiger partial charge in [0.15, 0.2) is 5.79 Å². The van der Waals surface area contributed by atoms with Gasteiger partial charge in [-0.2, -0.15) is 0 Å². The molecule has 2 saturated heterocycles. The van der Waals surface area contributed by atoms with Gasteiger partial charge in [-0.3, -0.25) is 9.59 Å². The van der Waals surface area contributed by atoms with Crippen molar-refractivity contribution in [2.24, 2.45) is 23.5 Å². The van der Waals surface area contributed by atoms with Gasteiger partial charge in [0.1, 0.15) is 24.0 Å². The quantitative estimate of drug-likeness (QED) is 0.238. The predicted molar refractivity (Wildman–Crippen MR) is 197 cm³/mol. The monoisotopic (exact) mass is 750 g/mol. The Morgan fingerprint density at radius 1 is 0.943 bits per heavy atom. The van der Waals surface area contributed by atoms with Crippen molar-refractivity contribution >= 4 is 17.7 Å². The molecule has 0 radical (unpaired) electrons. The fourth-order valence-corrected chi connectivity index (χ4v) is 8.76. The summed E-state index contributed by atoms with van der Waals surface area (Å²) in [4.78, 5) is 42.9. The molecule has 3 aliphatic heterocycles. The number of ether oxygens (including phenoxy) is 5. The molecule has 4 aliphatic rings. The van der Waals surface area contributed by atoms with E-state index >= 15 is 0 Å². The minimum Gasteiger partial charge on any atom is -0.455 e. The van der Waals surface area contributed by atoms with E-state index in [4.69, 9.17) is 29.4 Å². The Kier molecular flexibility index (Phi) is 16.1. The van der Waals surface area contributed by atoms with E-state index in [0.29, 0.717) is 69.9 Å². The molecule has 302 valence electrons. The highest BCUT2D eigenvalue weighted by atomic mass is 16.7. The van der Waals surface area contributed by atoms with Crippen molar-refractivity contribution in [2.75, 3.05) is 27.9 Å². The van der Waals surface area contributed by atoms with E-state index in [9.17, 15) is 29.7 Å². The van der Waals surface area contributed by atoms with Gasteiger partial charge in [-0.25, -0.2) is 4.79 Å². The molecule has 0 aromatic rings. The summed E-state index contributed by atoms with van der Waals surface area (Å²) in [6.45, 7) is 7.95. The van der Waals surface area contributed by atoms with Crippen LogP contribution in [0.4, 0.5) is 0 Å². The van der Waals surface area contributed by atoms with Crippen molar-refractivity contribution in [3.05, 3.63) is 23.3 Å². The third kappa shape index (κ3) is 11.2. The molecular formula is C40H66N2O11. The molecule has 5 N–H and O–H groups in total. The number of ketones is 1. The number of nitrogens with zero attached hydrogens (tertiary/aromatic N) is 1. The number of cyclic esters (lactones) is 1. The van der Waals surface area contributed by atoms with Crippen LogP contribution in [0.25, 0.3) is 0 Å². The van der Waals surface area contributed by atoms with Crippen molar-refractivity contribution in [1.82, 2.24) is 4.90 Å². The lowest BCUT2D eigenvalue weighted by atomic mass is 9.82. The number of amides is 1. The number of methoxy groups -OCH3 is 3. The SMILES string of the molecule is CO[C@H]1C[C@@H](C)C/C(C)=C/CC(=O)C[C@H](O)[C@@H](N)[C@@H](/C(C)=C/[C@@H]2CC[C@@H](O)[C@H](OC)C2)OC(=O)[C@@H]2CCCCN2C(=O)C[C@]2(O)O[C@H]1[C@@H](OC)C[C@H]2C. The van der Waals surface area contributed by atoms with Crippen LogP contribution in [-0.2, 0) is 38.1 Å². The van der Waals surface area contributed by atoms with E-state index in [-0.39, 0.29) is 49.1 Å². The van der Waals surface area contributed by atoms with Gasteiger partial charge in [0.25, 0.3) is 0 Å². The molecule has 3 heterocycles. The van der Waals surface area contributed by atoms with Gasteiger partial charge in [0.05, 0.1) is 43.0 Å². The van der Waals surface area contributed by atoms with Crippen LogP contribution in [0.3, 0.4) is 0 Å². The zero-order valence-electron chi connectivity index (χ0n) is 32.9. The zero-order valence-corrected chi connectivity index (χ0v) is 32.9. The Balaban J connectivity index is 1.69. The first kappa shape index (κ1) is 43.5. The van der Waals surface area contributed by atoms with Crippen LogP contribution in [0.1, 0.15) is 105 Å². The van der Waals surface area contributed by atoms with Crippen LogP contribution in [0.15, 0.2) is 23.3 Å². The van der Waals surface area contributed by atoms with Crippen LogP contribution in [0.5, 0.6) is 0 Å². The molecule has 0 aromatic heterocycles. The van der Waals surface area contributed by atoms with E-state index in [1.807, 2.05) is 26.0 Å². The fourth-order valence-electron chi connectivity index (χ4n) is 8.76. The molecule has 13 nitrogen and oxygen atoms in total. The van der Waals surface area contributed by atoms with Gasteiger partial charge in [0, 0.05) is 46.6 Å². The molecule has 1 aliphatic carbocycles. The van der Waals surface area contributed by atoms with Crippen LogP contribution >= 0.6 is 0 Å². The molecule has 0 spiro atoms. The van der Waals surface area contributed by atoms with E-state index in [1.165, 1.54) is 4.90 Å². The van der Waals surface area contributed by atoms with Gasteiger partial charge in [-0.1, -0.05) is 31.6 Å². The largest absolute Gasteiger partial charge is 0.455 e. The molecule has 4 rings (SSSR count). The van der Waals surface area contributed by atoms with Crippen molar-refractivity contribution < 1.29 is 53.4 Å². The number of aliphatic hydroxyl groups is 3. The van der Waals surface area contributed by atoms with Crippen LogP contribution in [0, 0.1) is 17.8 Å². The second kappa shape index (κ2) is 19.6. The summed E-state index contributed by atoms with van der Waals surface area (Å²) in [5.41, 5.74) is 8.27. The molecule has 2 bridgehead atoms. The summed E-state index contributed by atoms with van der Waals surface area (Å²) >= 11 is 0. The smallest absolute Gasteiger partial charge is 0.329 e.